The topological polar surface area (TPSA) is 87.8 Å². The maximum absolute atomic E-state index is 10.9. The maximum atomic E-state index is 10.9. The number of hydrazone groups is 1. The van der Waals surface area contributed by atoms with E-state index in [1.165, 1.54) is 6.07 Å². The summed E-state index contributed by atoms with van der Waals surface area (Å²) in [6, 6.07) is 10.2. The van der Waals surface area contributed by atoms with E-state index in [0.29, 0.717) is 12.0 Å². The number of phenolic OH excluding ortho intramolecular Hbond substituents is 1. The summed E-state index contributed by atoms with van der Waals surface area (Å²) >= 11 is 0. The normalized spacial score (nSPS) is 16.8. The standard InChI is InChI=1S/C17H17N3O3/c1-10-6-11(2)17(21)14(7-10)16-9-15(18-19-16)12-4-3-5-13(8-12)20(22)23/h3-8,15,18,21H,9H2,1-2H3/t15-/m1/s1. The van der Waals surface area contributed by atoms with E-state index in [0.717, 1.165) is 22.4 Å². The Hall–Kier alpha value is -2.89. The summed E-state index contributed by atoms with van der Waals surface area (Å²) in [5.41, 5.74) is 7.20. The lowest BCUT2D eigenvalue weighted by atomic mass is 9.96. The van der Waals surface area contributed by atoms with Gasteiger partial charge in [0.1, 0.15) is 5.75 Å². The van der Waals surface area contributed by atoms with Crippen molar-refractivity contribution in [1.82, 2.24) is 5.43 Å². The zero-order valence-electron chi connectivity index (χ0n) is 12.9. The lowest BCUT2D eigenvalue weighted by Gasteiger charge is -2.11. The van der Waals surface area contributed by atoms with Gasteiger partial charge in [-0.25, -0.2) is 0 Å². The van der Waals surface area contributed by atoms with Crippen LogP contribution in [0.2, 0.25) is 0 Å². The Morgan fingerprint density at radius 3 is 2.83 bits per heavy atom. The number of benzene rings is 2. The number of aryl methyl sites for hydroxylation is 2. The summed E-state index contributed by atoms with van der Waals surface area (Å²) in [5.74, 6) is 0.232. The number of nitro benzene ring substituents is 1. The van der Waals surface area contributed by atoms with Crippen molar-refractivity contribution in [2.45, 2.75) is 26.3 Å². The Labute approximate surface area is 133 Å². The number of aromatic hydroxyl groups is 1. The van der Waals surface area contributed by atoms with E-state index < -0.39 is 4.92 Å². The molecule has 1 aliphatic heterocycles. The number of hydrogen-bond acceptors (Lipinski definition) is 5. The maximum Gasteiger partial charge on any atom is 0.269 e. The van der Waals surface area contributed by atoms with E-state index in [4.69, 9.17) is 0 Å². The van der Waals surface area contributed by atoms with Crippen LogP contribution in [0.3, 0.4) is 0 Å². The van der Waals surface area contributed by atoms with Gasteiger partial charge in [-0.15, -0.1) is 0 Å². The van der Waals surface area contributed by atoms with Gasteiger partial charge in [0.15, 0.2) is 0 Å². The smallest absolute Gasteiger partial charge is 0.269 e. The zero-order chi connectivity index (χ0) is 16.6. The largest absolute Gasteiger partial charge is 0.507 e. The third kappa shape index (κ3) is 2.88. The van der Waals surface area contributed by atoms with Gasteiger partial charge in [0.25, 0.3) is 5.69 Å². The highest BCUT2D eigenvalue weighted by Crippen LogP contribution is 2.31. The molecule has 1 atom stereocenters. The molecule has 0 radical (unpaired) electrons. The number of non-ortho nitro benzene ring substituents is 1. The van der Waals surface area contributed by atoms with Crippen LogP contribution in [0.15, 0.2) is 41.5 Å². The number of phenols is 1. The van der Waals surface area contributed by atoms with Gasteiger partial charge in [0, 0.05) is 24.1 Å². The van der Waals surface area contributed by atoms with Gasteiger partial charge in [-0.05, 0) is 36.6 Å². The highest BCUT2D eigenvalue weighted by atomic mass is 16.6. The number of nitrogens with one attached hydrogen (secondary N) is 1. The predicted molar refractivity (Wildman–Crippen MR) is 87.7 cm³/mol. The van der Waals surface area contributed by atoms with E-state index >= 15 is 0 Å². The van der Waals surface area contributed by atoms with E-state index in [-0.39, 0.29) is 17.5 Å². The minimum atomic E-state index is -0.407. The highest BCUT2D eigenvalue weighted by Gasteiger charge is 2.24. The van der Waals surface area contributed by atoms with Crippen molar-refractivity contribution in [2.24, 2.45) is 5.10 Å². The van der Waals surface area contributed by atoms with Crippen LogP contribution in [0, 0.1) is 24.0 Å². The molecule has 1 aliphatic rings. The summed E-state index contributed by atoms with van der Waals surface area (Å²) in [7, 11) is 0. The van der Waals surface area contributed by atoms with Gasteiger partial charge in [-0.3, -0.25) is 10.1 Å². The van der Waals surface area contributed by atoms with Crippen LogP contribution in [0.1, 0.15) is 34.7 Å². The van der Waals surface area contributed by atoms with Crippen LogP contribution in [0.25, 0.3) is 0 Å². The minimum absolute atomic E-state index is 0.0620. The molecule has 2 aromatic rings. The van der Waals surface area contributed by atoms with Crippen LogP contribution in [0.5, 0.6) is 5.75 Å². The first kappa shape index (κ1) is 15.0. The molecule has 118 valence electrons. The van der Waals surface area contributed by atoms with Gasteiger partial charge >= 0.3 is 0 Å². The van der Waals surface area contributed by atoms with Crippen LogP contribution in [0.4, 0.5) is 5.69 Å². The number of hydrogen-bond donors (Lipinski definition) is 2. The monoisotopic (exact) mass is 311 g/mol. The second-order valence-corrected chi connectivity index (χ2v) is 5.77. The van der Waals surface area contributed by atoms with Gasteiger partial charge in [-0.1, -0.05) is 18.2 Å². The van der Waals surface area contributed by atoms with Crippen molar-refractivity contribution in [3.63, 3.8) is 0 Å². The Morgan fingerprint density at radius 1 is 1.30 bits per heavy atom. The lowest BCUT2D eigenvalue weighted by Crippen LogP contribution is -2.10. The number of nitrogens with zero attached hydrogens (tertiary/aromatic N) is 2. The fourth-order valence-corrected chi connectivity index (χ4v) is 2.84. The van der Waals surface area contributed by atoms with Crippen molar-refractivity contribution in [1.29, 1.82) is 0 Å². The lowest BCUT2D eigenvalue weighted by molar-refractivity contribution is -0.384. The first-order chi connectivity index (χ1) is 11.0. The van der Waals surface area contributed by atoms with Crippen molar-refractivity contribution in [3.8, 4) is 5.75 Å². The third-order valence-electron chi connectivity index (χ3n) is 3.99. The minimum Gasteiger partial charge on any atom is -0.507 e. The molecule has 0 saturated heterocycles. The molecule has 0 unspecified atom stereocenters. The van der Waals surface area contributed by atoms with Crippen LogP contribution >= 0.6 is 0 Å². The molecule has 0 amide bonds. The number of nitro groups is 1. The molecule has 3 rings (SSSR count). The molecule has 0 aromatic heterocycles. The van der Waals surface area contributed by atoms with Gasteiger partial charge < -0.3 is 10.5 Å². The molecule has 0 saturated carbocycles. The fraction of sp³-hybridized carbons (Fsp3) is 0.235. The molecule has 0 spiro atoms. The average molecular weight is 311 g/mol. The fourth-order valence-electron chi connectivity index (χ4n) is 2.84. The van der Waals surface area contributed by atoms with Gasteiger partial charge in [0.2, 0.25) is 0 Å². The molecule has 0 aliphatic carbocycles. The molecule has 1 heterocycles. The van der Waals surface area contributed by atoms with E-state index in [9.17, 15) is 15.2 Å². The summed E-state index contributed by atoms with van der Waals surface area (Å²) < 4.78 is 0. The zero-order valence-corrected chi connectivity index (χ0v) is 12.9. The van der Waals surface area contributed by atoms with E-state index in [1.807, 2.05) is 32.0 Å². The molecule has 2 aromatic carbocycles. The van der Waals surface area contributed by atoms with Crippen molar-refractivity contribution in [3.05, 3.63) is 68.8 Å². The first-order valence-electron chi connectivity index (χ1n) is 7.32. The Bertz CT molecular complexity index is 815. The molecule has 2 N–H and O–H groups in total. The summed E-state index contributed by atoms with van der Waals surface area (Å²) in [6.07, 6.45) is 0.567. The SMILES string of the molecule is Cc1cc(C)c(O)c(C2=NN[C@@H](c3cccc([N+](=O)[O-])c3)C2)c1. The average Bonchev–Trinajstić information content (AvgIpc) is 3.00. The molecule has 0 bridgehead atoms. The number of rotatable bonds is 3. The van der Waals surface area contributed by atoms with E-state index in [1.54, 1.807) is 12.1 Å². The van der Waals surface area contributed by atoms with Crippen LogP contribution in [-0.4, -0.2) is 15.7 Å². The Balaban J connectivity index is 1.86. The molecular formula is C17H17N3O3. The Morgan fingerprint density at radius 2 is 2.09 bits per heavy atom. The summed E-state index contributed by atoms with van der Waals surface area (Å²) in [4.78, 5) is 10.5. The third-order valence-corrected chi connectivity index (χ3v) is 3.99. The first-order valence-corrected chi connectivity index (χ1v) is 7.32. The second-order valence-electron chi connectivity index (χ2n) is 5.77. The molecular weight excluding hydrogens is 294 g/mol. The molecule has 6 nitrogen and oxygen atoms in total. The predicted octanol–water partition coefficient (Wildman–Crippen LogP) is 3.36. The highest BCUT2D eigenvalue weighted by molar-refractivity contribution is 6.04. The molecule has 0 fully saturated rings. The molecule has 23 heavy (non-hydrogen) atoms. The van der Waals surface area contributed by atoms with Crippen LogP contribution < -0.4 is 5.43 Å². The van der Waals surface area contributed by atoms with Crippen LogP contribution in [-0.2, 0) is 0 Å². The Kier molecular flexibility index (Phi) is 3.73. The van der Waals surface area contributed by atoms with Gasteiger partial charge in [-0.2, -0.15) is 5.10 Å². The summed E-state index contributed by atoms with van der Waals surface area (Å²) in [5, 5.41) is 25.5. The summed E-state index contributed by atoms with van der Waals surface area (Å²) in [6.45, 7) is 3.82. The van der Waals surface area contributed by atoms with Gasteiger partial charge in [0.05, 0.1) is 16.7 Å². The quantitative estimate of drug-likeness (QED) is 0.672. The molecule has 6 heteroatoms. The van der Waals surface area contributed by atoms with E-state index in [2.05, 4.69) is 10.5 Å². The van der Waals surface area contributed by atoms with Crippen molar-refractivity contribution in [2.75, 3.05) is 0 Å². The van der Waals surface area contributed by atoms with Crippen molar-refractivity contribution >= 4 is 11.4 Å². The van der Waals surface area contributed by atoms with Crippen molar-refractivity contribution < 1.29 is 10.0 Å². The second kappa shape index (κ2) is 5.72.